The summed E-state index contributed by atoms with van der Waals surface area (Å²) in [5.41, 5.74) is 0. The Labute approximate surface area is 61.5 Å². The molecule has 0 radical (unpaired) electrons. The van der Waals surface area contributed by atoms with Crippen LogP contribution in [0.4, 0.5) is 0 Å². The van der Waals surface area contributed by atoms with Gasteiger partial charge < -0.3 is 10.2 Å². The molecule has 0 heterocycles. The van der Waals surface area contributed by atoms with Crippen molar-refractivity contribution in [2.24, 2.45) is 0 Å². The number of aliphatic hydroxyl groups is 2. The maximum Gasteiger partial charge on any atom is 0.102 e. The summed E-state index contributed by atoms with van der Waals surface area (Å²) in [7, 11) is 0. The minimum Gasteiger partial charge on any atom is -0.386 e. The Bertz CT molecular complexity index is 111. The fourth-order valence-corrected chi connectivity index (χ4v) is 0.584. The third kappa shape index (κ3) is 2.80. The number of hydrogen-bond acceptors (Lipinski definition) is 2. The van der Waals surface area contributed by atoms with E-state index in [1.54, 1.807) is 24.3 Å². The molecule has 10 heavy (non-hydrogen) atoms. The van der Waals surface area contributed by atoms with E-state index >= 15 is 0 Å². The molecule has 1 aliphatic rings. The highest BCUT2D eigenvalue weighted by atomic mass is 16.3. The van der Waals surface area contributed by atoms with Gasteiger partial charge in [-0.3, -0.25) is 0 Å². The molecular formula is C8H14O2. The van der Waals surface area contributed by atoms with E-state index in [1.165, 1.54) is 0 Å². The van der Waals surface area contributed by atoms with Crippen LogP contribution in [-0.4, -0.2) is 22.4 Å². The van der Waals surface area contributed by atoms with Gasteiger partial charge in [-0.2, -0.15) is 0 Å². The molecule has 2 atom stereocenters. The van der Waals surface area contributed by atoms with Crippen molar-refractivity contribution >= 4 is 0 Å². The smallest absolute Gasteiger partial charge is 0.102 e. The number of aliphatic hydroxyl groups excluding tert-OH is 2. The van der Waals surface area contributed by atoms with Gasteiger partial charge in [0.2, 0.25) is 0 Å². The summed E-state index contributed by atoms with van der Waals surface area (Å²) >= 11 is 0. The van der Waals surface area contributed by atoms with Crippen molar-refractivity contribution in [3.63, 3.8) is 0 Å². The largest absolute Gasteiger partial charge is 0.386 e. The lowest BCUT2D eigenvalue weighted by atomic mass is 10.1. The SMILES string of the molecule is CC.O[C@@H]1C=CC=C[C@@H]1O. The summed E-state index contributed by atoms with van der Waals surface area (Å²) in [5, 5.41) is 17.6. The van der Waals surface area contributed by atoms with E-state index in [4.69, 9.17) is 10.2 Å². The van der Waals surface area contributed by atoms with Gasteiger partial charge in [-0.1, -0.05) is 38.2 Å². The summed E-state index contributed by atoms with van der Waals surface area (Å²) < 4.78 is 0. The lowest BCUT2D eigenvalue weighted by Crippen LogP contribution is -2.22. The number of allylic oxidation sites excluding steroid dienone is 2. The molecule has 1 rings (SSSR count). The second-order valence-electron chi connectivity index (χ2n) is 1.75. The third-order valence-electron chi connectivity index (χ3n) is 1.08. The molecule has 2 heteroatoms. The minimum atomic E-state index is -0.708. The lowest BCUT2D eigenvalue weighted by Gasteiger charge is -2.11. The van der Waals surface area contributed by atoms with E-state index in [0.29, 0.717) is 0 Å². The standard InChI is InChI=1S/C6H8O2.C2H6/c7-5-3-1-2-4-6(5)8;1-2/h1-8H;1-2H3/t5-,6+;. The van der Waals surface area contributed by atoms with E-state index in [0.717, 1.165) is 0 Å². The lowest BCUT2D eigenvalue weighted by molar-refractivity contribution is 0.0794. The molecular weight excluding hydrogens is 128 g/mol. The first-order valence-electron chi connectivity index (χ1n) is 3.52. The molecule has 0 fully saturated rings. The first-order chi connectivity index (χ1) is 4.80. The van der Waals surface area contributed by atoms with Crippen LogP contribution < -0.4 is 0 Å². The molecule has 0 saturated heterocycles. The molecule has 0 bridgehead atoms. The Hall–Kier alpha value is -0.600. The normalized spacial score (nSPS) is 29.2. The van der Waals surface area contributed by atoms with Crippen LogP contribution in [0, 0.1) is 0 Å². The van der Waals surface area contributed by atoms with E-state index in [-0.39, 0.29) is 0 Å². The predicted octanol–water partition coefficient (Wildman–Crippen LogP) is 0.860. The van der Waals surface area contributed by atoms with E-state index in [1.807, 2.05) is 13.8 Å². The zero-order valence-corrected chi connectivity index (χ0v) is 6.36. The van der Waals surface area contributed by atoms with Crippen molar-refractivity contribution in [3.05, 3.63) is 24.3 Å². The van der Waals surface area contributed by atoms with Crippen LogP contribution in [0.25, 0.3) is 0 Å². The molecule has 2 N–H and O–H groups in total. The van der Waals surface area contributed by atoms with Crippen LogP contribution in [0.5, 0.6) is 0 Å². The molecule has 0 aliphatic heterocycles. The zero-order chi connectivity index (χ0) is 7.98. The molecule has 1 aliphatic carbocycles. The second-order valence-corrected chi connectivity index (χ2v) is 1.75. The highest BCUT2D eigenvalue weighted by molar-refractivity contribution is 5.15. The van der Waals surface area contributed by atoms with Crippen LogP contribution in [-0.2, 0) is 0 Å². The van der Waals surface area contributed by atoms with Gasteiger partial charge in [0.15, 0.2) is 0 Å². The van der Waals surface area contributed by atoms with Crippen molar-refractivity contribution in [3.8, 4) is 0 Å². The van der Waals surface area contributed by atoms with E-state index < -0.39 is 12.2 Å². The van der Waals surface area contributed by atoms with Gasteiger partial charge in [0.1, 0.15) is 12.2 Å². The molecule has 0 aromatic carbocycles. The monoisotopic (exact) mass is 142 g/mol. The Morgan fingerprint density at radius 2 is 1.20 bits per heavy atom. The molecule has 58 valence electrons. The Kier molecular flexibility index (Phi) is 4.89. The highest BCUT2D eigenvalue weighted by Crippen LogP contribution is 2.02. The second kappa shape index (κ2) is 5.21. The average molecular weight is 142 g/mol. The van der Waals surface area contributed by atoms with Crippen molar-refractivity contribution in [2.45, 2.75) is 26.1 Å². The molecule has 0 aromatic heterocycles. The Morgan fingerprint density at radius 1 is 0.900 bits per heavy atom. The fraction of sp³-hybridized carbons (Fsp3) is 0.500. The van der Waals surface area contributed by atoms with Gasteiger partial charge in [-0.15, -0.1) is 0 Å². The summed E-state index contributed by atoms with van der Waals surface area (Å²) in [6.45, 7) is 4.00. The van der Waals surface area contributed by atoms with Crippen molar-refractivity contribution < 1.29 is 10.2 Å². The highest BCUT2D eigenvalue weighted by Gasteiger charge is 2.09. The van der Waals surface area contributed by atoms with Gasteiger partial charge in [-0.25, -0.2) is 0 Å². The van der Waals surface area contributed by atoms with Crippen molar-refractivity contribution in [1.82, 2.24) is 0 Å². The van der Waals surface area contributed by atoms with Crippen LogP contribution >= 0.6 is 0 Å². The van der Waals surface area contributed by atoms with Gasteiger partial charge in [-0.05, 0) is 0 Å². The maximum absolute atomic E-state index is 8.79. The minimum absolute atomic E-state index is 0.708. The molecule has 0 spiro atoms. The summed E-state index contributed by atoms with van der Waals surface area (Å²) in [6, 6.07) is 0. The molecule has 2 nitrogen and oxygen atoms in total. The summed E-state index contributed by atoms with van der Waals surface area (Å²) in [6.07, 6.45) is 5.09. The van der Waals surface area contributed by atoms with Crippen LogP contribution in [0.2, 0.25) is 0 Å². The number of hydrogen-bond donors (Lipinski definition) is 2. The topological polar surface area (TPSA) is 40.5 Å². The van der Waals surface area contributed by atoms with E-state index in [2.05, 4.69) is 0 Å². The van der Waals surface area contributed by atoms with Crippen LogP contribution in [0.1, 0.15) is 13.8 Å². The van der Waals surface area contributed by atoms with Gasteiger partial charge >= 0.3 is 0 Å². The zero-order valence-electron chi connectivity index (χ0n) is 6.36. The summed E-state index contributed by atoms with van der Waals surface area (Å²) in [4.78, 5) is 0. The van der Waals surface area contributed by atoms with Crippen LogP contribution in [0.15, 0.2) is 24.3 Å². The Morgan fingerprint density at radius 3 is 1.40 bits per heavy atom. The maximum atomic E-state index is 8.79. The van der Waals surface area contributed by atoms with Crippen molar-refractivity contribution in [2.75, 3.05) is 0 Å². The summed E-state index contributed by atoms with van der Waals surface area (Å²) in [5.74, 6) is 0. The van der Waals surface area contributed by atoms with Crippen LogP contribution in [0.3, 0.4) is 0 Å². The quantitative estimate of drug-likeness (QED) is 0.526. The number of rotatable bonds is 0. The average Bonchev–Trinajstić information content (AvgIpc) is 2.00. The van der Waals surface area contributed by atoms with Gasteiger partial charge in [0.05, 0.1) is 0 Å². The van der Waals surface area contributed by atoms with Crippen molar-refractivity contribution in [1.29, 1.82) is 0 Å². The predicted molar refractivity (Wildman–Crippen MR) is 41.6 cm³/mol. The Balaban J connectivity index is 0.000000371. The first kappa shape index (κ1) is 9.40. The molecule has 0 saturated carbocycles. The molecule has 0 unspecified atom stereocenters. The third-order valence-corrected chi connectivity index (χ3v) is 1.08. The fourth-order valence-electron chi connectivity index (χ4n) is 0.584. The molecule has 0 aromatic rings. The van der Waals surface area contributed by atoms with E-state index in [9.17, 15) is 0 Å². The van der Waals surface area contributed by atoms with Gasteiger partial charge in [0, 0.05) is 0 Å². The first-order valence-corrected chi connectivity index (χ1v) is 3.52. The molecule has 0 amide bonds. The van der Waals surface area contributed by atoms with Gasteiger partial charge in [0.25, 0.3) is 0 Å².